The molecule has 2 N–H and O–H groups in total. The molecule has 3 nitrogen and oxygen atoms in total. The van der Waals surface area contributed by atoms with Crippen molar-refractivity contribution < 1.29 is 0 Å². The first-order valence-corrected chi connectivity index (χ1v) is 5.78. The Kier molecular flexibility index (Phi) is 2.79. The second-order valence-electron chi connectivity index (χ2n) is 4.77. The fourth-order valence-corrected chi connectivity index (χ4v) is 2.27. The van der Waals surface area contributed by atoms with Crippen LogP contribution in [0.5, 0.6) is 0 Å². The maximum Gasteiger partial charge on any atom is 0.255 e. The van der Waals surface area contributed by atoms with Crippen LogP contribution in [0.25, 0.3) is 10.9 Å². The van der Waals surface area contributed by atoms with Crippen molar-refractivity contribution in [2.45, 2.75) is 26.8 Å². The molecule has 0 fully saturated rings. The lowest BCUT2D eigenvalue weighted by atomic mass is 10.0. The fraction of sp³-hybridized carbons (Fsp3) is 0.357. The minimum Gasteiger partial charge on any atom is -0.324 e. The van der Waals surface area contributed by atoms with Gasteiger partial charge in [0.25, 0.3) is 5.56 Å². The normalized spacial score (nSPS) is 13.0. The van der Waals surface area contributed by atoms with Crippen molar-refractivity contribution in [1.82, 2.24) is 4.57 Å². The highest BCUT2D eigenvalue weighted by molar-refractivity contribution is 5.84. The lowest BCUT2D eigenvalue weighted by molar-refractivity contribution is 0.772. The summed E-state index contributed by atoms with van der Waals surface area (Å²) in [4.78, 5) is 12.1. The number of aryl methyl sites for hydroxylation is 3. The van der Waals surface area contributed by atoms with Crippen LogP contribution in [0.2, 0.25) is 0 Å². The molecular weight excluding hydrogens is 212 g/mol. The van der Waals surface area contributed by atoms with Crippen LogP contribution in [0.4, 0.5) is 0 Å². The van der Waals surface area contributed by atoms with Gasteiger partial charge in [-0.2, -0.15) is 0 Å². The van der Waals surface area contributed by atoms with Gasteiger partial charge in [-0.15, -0.1) is 0 Å². The summed E-state index contributed by atoms with van der Waals surface area (Å²) >= 11 is 0. The predicted molar refractivity (Wildman–Crippen MR) is 71.3 cm³/mol. The molecule has 1 atom stereocenters. The molecule has 2 rings (SSSR count). The van der Waals surface area contributed by atoms with Gasteiger partial charge in [0.2, 0.25) is 0 Å². The number of pyridine rings is 1. The average Bonchev–Trinajstić information content (AvgIpc) is 2.23. The van der Waals surface area contributed by atoms with E-state index in [0.29, 0.717) is 5.56 Å². The van der Waals surface area contributed by atoms with Crippen molar-refractivity contribution in [1.29, 1.82) is 0 Å². The van der Waals surface area contributed by atoms with E-state index in [1.54, 1.807) is 11.6 Å². The molecule has 1 unspecified atom stereocenters. The number of hydrogen-bond acceptors (Lipinski definition) is 2. The molecule has 0 radical (unpaired) electrons. The van der Waals surface area contributed by atoms with Gasteiger partial charge in [-0.3, -0.25) is 4.79 Å². The number of rotatable bonds is 1. The van der Waals surface area contributed by atoms with E-state index in [0.717, 1.165) is 10.9 Å². The van der Waals surface area contributed by atoms with Crippen LogP contribution in [0.15, 0.2) is 23.0 Å². The molecule has 2 aromatic rings. The molecule has 0 saturated heterocycles. The third-order valence-corrected chi connectivity index (χ3v) is 3.21. The summed E-state index contributed by atoms with van der Waals surface area (Å²) in [6.07, 6.45) is 0. The van der Waals surface area contributed by atoms with Crippen LogP contribution < -0.4 is 11.3 Å². The molecule has 1 aromatic carbocycles. The highest BCUT2D eigenvalue weighted by Crippen LogP contribution is 2.21. The van der Waals surface area contributed by atoms with Gasteiger partial charge < -0.3 is 10.3 Å². The topological polar surface area (TPSA) is 48.0 Å². The summed E-state index contributed by atoms with van der Waals surface area (Å²) in [5, 5.41) is 1.10. The van der Waals surface area contributed by atoms with E-state index in [9.17, 15) is 4.79 Å². The van der Waals surface area contributed by atoms with Crippen molar-refractivity contribution in [3.05, 3.63) is 45.2 Å². The van der Waals surface area contributed by atoms with Crippen molar-refractivity contribution in [2.75, 3.05) is 0 Å². The van der Waals surface area contributed by atoms with Crippen molar-refractivity contribution in [2.24, 2.45) is 12.8 Å². The van der Waals surface area contributed by atoms with Gasteiger partial charge in [0.15, 0.2) is 0 Å². The third-order valence-electron chi connectivity index (χ3n) is 3.21. The quantitative estimate of drug-likeness (QED) is 0.816. The summed E-state index contributed by atoms with van der Waals surface area (Å²) in [6.45, 7) is 5.94. The molecule has 1 aromatic heterocycles. The van der Waals surface area contributed by atoms with E-state index >= 15 is 0 Å². The number of nitrogens with zero attached hydrogens (tertiary/aromatic N) is 1. The van der Waals surface area contributed by atoms with Crippen LogP contribution in [-0.4, -0.2) is 4.57 Å². The Morgan fingerprint density at radius 1 is 1.24 bits per heavy atom. The molecule has 0 saturated carbocycles. The van der Waals surface area contributed by atoms with Crippen molar-refractivity contribution >= 4 is 10.9 Å². The molecule has 0 spiro atoms. The van der Waals surface area contributed by atoms with Crippen LogP contribution >= 0.6 is 0 Å². The lowest BCUT2D eigenvalue weighted by Crippen LogP contribution is -2.25. The molecule has 0 aliphatic carbocycles. The Balaban J connectivity index is 2.96. The van der Waals surface area contributed by atoms with Crippen molar-refractivity contribution in [3.63, 3.8) is 0 Å². The predicted octanol–water partition coefficient (Wildman–Crippen LogP) is 2.18. The molecule has 3 heteroatoms. The third kappa shape index (κ3) is 1.87. The summed E-state index contributed by atoms with van der Waals surface area (Å²) in [6, 6.07) is 5.85. The maximum absolute atomic E-state index is 12.1. The fourth-order valence-electron chi connectivity index (χ4n) is 2.27. The Morgan fingerprint density at radius 2 is 1.88 bits per heavy atom. The molecule has 0 aliphatic rings. The second kappa shape index (κ2) is 4.00. The Hall–Kier alpha value is -1.61. The molecule has 17 heavy (non-hydrogen) atoms. The first kappa shape index (κ1) is 11.9. The Bertz CT molecular complexity index is 639. The van der Waals surface area contributed by atoms with Gasteiger partial charge >= 0.3 is 0 Å². The van der Waals surface area contributed by atoms with E-state index in [4.69, 9.17) is 5.73 Å². The largest absolute Gasteiger partial charge is 0.324 e. The zero-order valence-electron chi connectivity index (χ0n) is 10.7. The smallest absolute Gasteiger partial charge is 0.255 e. The minimum atomic E-state index is -0.237. The van der Waals surface area contributed by atoms with Crippen LogP contribution in [-0.2, 0) is 7.05 Å². The highest BCUT2D eigenvalue weighted by atomic mass is 16.1. The molecule has 90 valence electrons. The first-order valence-electron chi connectivity index (χ1n) is 5.78. The number of nitrogens with two attached hydrogens (primary N) is 1. The standard InChI is InChI=1S/C14H18N2O/c1-8-5-9(2)11-7-12(10(3)15)14(17)16(4)13(11)6-8/h5-7,10H,15H2,1-4H3. The number of aromatic nitrogens is 1. The molecule has 0 bridgehead atoms. The van der Waals surface area contributed by atoms with Crippen LogP contribution in [0, 0.1) is 13.8 Å². The monoisotopic (exact) mass is 230 g/mol. The summed E-state index contributed by atoms with van der Waals surface area (Å²) in [5.41, 5.74) is 9.82. The first-order chi connectivity index (χ1) is 7.91. The number of hydrogen-bond donors (Lipinski definition) is 1. The maximum atomic E-state index is 12.1. The molecule has 0 aliphatic heterocycles. The van der Waals surface area contributed by atoms with E-state index < -0.39 is 0 Å². The zero-order chi connectivity index (χ0) is 12.7. The van der Waals surface area contributed by atoms with Gasteiger partial charge in [-0.1, -0.05) is 6.07 Å². The summed E-state index contributed by atoms with van der Waals surface area (Å²) in [5.74, 6) is 0. The average molecular weight is 230 g/mol. The SMILES string of the molecule is Cc1cc(C)c2cc(C(C)N)c(=O)n(C)c2c1. The van der Waals surface area contributed by atoms with Gasteiger partial charge in [0.05, 0.1) is 5.52 Å². The van der Waals surface area contributed by atoms with E-state index in [1.165, 1.54) is 11.1 Å². The lowest BCUT2D eigenvalue weighted by Gasteiger charge is -2.13. The number of fused-ring (bicyclic) bond motifs is 1. The van der Waals surface area contributed by atoms with E-state index in [-0.39, 0.29) is 11.6 Å². The highest BCUT2D eigenvalue weighted by Gasteiger charge is 2.11. The minimum absolute atomic E-state index is 0.00231. The number of benzene rings is 1. The van der Waals surface area contributed by atoms with Crippen LogP contribution in [0.3, 0.4) is 0 Å². The van der Waals surface area contributed by atoms with Gasteiger partial charge in [0.1, 0.15) is 0 Å². The zero-order valence-corrected chi connectivity index (χ0v) is 10.7. The van der Waals surface area contributed by atoms with Crippen LogP contribution in [0.1, 0.15) is 29.7 Å². The van der Waals surface area contributed by atoms with E-state index in [1.807, 2.05) is 26.0 Å². The molecule has 1 heterocycles. The van der Waals surface area contributed by atoms with Crippen molar-refractivity contribution in [3.8, 4) is 0 Å². The second-order valence-corrected chi connectivity index (χ2v) is 4.77. The summed E-state index contributed by atoms with van der Waals surface area (Å²) in [7, 11) is 1.80. The Morgan fingerprint density at radius 3 is 2.47 bits per heavy atom. The molecule has 0 amide bonds. The van der Waals surface area contributed by atoms with E-state index in [2.05, 4.69) is 13.0 Å². The van der Waals surface area contributed by atoms with Gasteiger partial charge in [-0.25, -0.2) is 0 Å². The van der Waals surface area contributed by atoms with Gasteiger partial charge in [-0.05, 0) is 44.0 Å². The summed E-state index contributed by atoms with van der Waals surface area (Å²) < 4.78 is 1.69. The Labute approximate surface area is 101 Å². The molecular formula is C14H18N2O. The van der Waals surface area contributed by atoms with Gasteiger partial charge in [0, 0.05) is 24.0 Å².